The minimum Gasteiger partial charge on any atom is -0.290 e. The summed E-state index contributed by atoms with van der Waals surface area (Å²) in [5.41, 5.74) is 2.16. The number of benzene rings is 1. The molecule has 0 atom stereocenters. The second-order valence-electron chi connectivity index (χ2n) is 4.11. The topological polar surface area (TPSA) is 22.0 Å². The molecule has 0 saturated heterocycles. The van der Waals surface area contributed by atoms with E-state index < -0.39 is 0 Å². The Balaban J connectivity index is 1.94. The van der Waals surface area contributed by atoms with Gasteiger partial charge in [-0.1, -0.05) is 24.3 Å². The molecule has 0 N–H and O–H groups in total. The average Bonchev–Trinajstić information content (AvgIpc) is 3.04. The normalized spacial score (nSPS) is 10.9. The van der Waals surface area contributed by atoms with E-state index in [4.69, 9.17) is 0 Å². The molecule has 0 amide bonds. The largest absolute Gasteiger partial charge is 0.290 e. The molecule has 2 aromatic heterocycles. The summed E-state index contributed by atoms with van der Waals surface area (Å²) in [6.07, 6.45) is 5.82. The van der Waals surface area contributed by atoms with Crippen LogP contribution in [0.25, 0.3) is 10.9 Å². The average molecular weight is 254 g/mol. The number of aromatic nitrogens is 1. The minimum absolute atomic E-state index is 0.849. The van der Waals surface area contributed by atoms with Crippen molar-refractivity contribution in [2.75, 3.05) is 0 Å². The van der Waals surface area contributed by atoms with E-state index in [1.54, 1.807) is 15.9 Å². The zero-order chi connectivity index (χ0) is 12.4. The molecule has 0 saturated carbocycles. The van der Waals surface area contributed by atoms with Gasteiger partial charge in [-0.25, -0.2) is 0 Å². The lowest BCUT2D eigenvalue weighted by Gasteiger charge is -1.97. The maximum Gasteiger partial charge on any atom is 0.218 e. The van der Waals surface area contributed by atoms with Gasteiger partial charge in [0, 0.05) is 22.9 Å². The predicted octanol–water partition coefficient (Wildman–Crippen LogP) is 3.54. The number of hydrogen-bond donors (Lipinski definition) is 0. The van der Waals surface area contributed by atoms with Crippen LogP contribution in [0, 0.1) is 6.42 Å². The maximum atomic E-state index is 11.0. The highest BCUT2D eigenvalue weighted by Crippen LogP contribution is 2.23. The molecule has 1 aromatic carbocycles. The van der Waals surface area contributed by atoms with Gasteiger partial charge in [0.05, 0.1) is 5.52 Å². The summed E-state index contributed by atoms with van der Waals surface area (Å²) in [5.74, 6) is 0. The van der Waals surface area contributed by atoms with Crippen LogP contribution in [0.15, 0.2) is 48.0 Å². The fraction of sp³-hybridized carbons (Fsp3) is 0.0667. The van der Waals surface area contributed by atoms with Gasteiger partial charge in [0.1, 0.15) is 0 Å². The number of rotatable bonds is 4. The Bertz CT molecular complexity index is 667. The highest BCUT2D eigenvalue weighted by atomic mass is 32.1. The number of fused-ring (bicyclic) bond motifs is 1. The van der Waals surface area contributed by atoms with E-state index in [1.165, 1.54) is 10.4 Å². The van der Waals surface area contributed by atoms with E-state index in [2.05, 4.69) is 23.9 Å². The highest BCUT2D eigenvalue weighted by Gasteiger charge is 2.07. The van der Waals surface area contributed by atoms with Crippen LogP contribution in [-0.4, -0.2) is 11.0 Å². The summed E-state index contributed by atoms with van der Waals surface area (Å²) in [5, 5.41) is 3.22. The van der Waals surface area contributed by atoms with E-state index in [0.29, 0.717) is 0 Å². The maximum absolute atomic E-state index is 11.0. The van der Waals surface area contributed by atoms with Crippen molar-refractivity contribution in [2.45, 2.75) is 6.42 Å². The van der Waals surface area contributed by atoms with Crippen molar-refractivity contribution in [1.82, 2.24) is 4.57 Å². The zero-order valence-electron chi connectivity index (χ0n) is 9.74. The molecule has 0 unspecified atom stereocenters. The summed E-state index contributed by atoms with van der Waals surface area (Å²) in [7, 11) is 0. The van der Waals surface area contributed by atoms with Crippen molar-refractivity contribution in [3.8, 4) is 0 Å². The van der Waals surface area contributed by atoms with Gasteiger partial charge in [-0.15, -0.1) is 11.3 Å². The SMILES string of the molecule is O=Cn1cc(C[CH]c2cccs2)c2ccccc21. The van der Waals surface area contributed by atoms with Crippen LogP contribution in [0.3, 0.4) is 0 Å². The Kier molecular flexibility index (Phi) is 2.99. The summed E-state index contributed by atoms with van der Waals surface area (Å²) in [4.78, 5) is 12.3. The molecule has 0 spiro atoms. The summed E-state index contributed by atoms with van der Waals surface area (Å²) < 4.78 is 1.65. The van der Waals surface area contributed by atoms with Crippen molar-refractivity contribution in [1.29, 1.82) is 0 Å². The zero-order valence-corrected chi connectivity index (χ0v) is 10.6. The minimum atomic E-state index is 0.849. The van der Waals surface area contributed by atoms with Crippen LogP contribution in [0.1, 0.15) is 10.4 Å². The molecule has 0 aliphatic rings. The summed E-state index contributed by atoms with van der Waals surface area (Å²) in [6, 6.07) is 12.1. The first kappa shape index (κ1) is 11.2. The van der Waals surface area contributed by atoms with E-state index in [0.717, 1.165) is 23.7 Å². The number of hydrogen-bond acceptors (Lipinski definition) is 2. The second kappa shape index (κ2) is 4.78. The monoisotopic (exact) mass is 254 g/mol. The van der Waals surface area contributed by atoms with Crippen LogP contribution in [0.2, 0.25) is 0 Å². The third-order valence-corrected chi connectivity index (χ3v) is 3.87. The van der Waals surface area contributed by atoms with Gasteiger partial charge in [-0.2, -0.15) is 0 Å². The standard InChI is InChI=1S/C15H12NOS/c17-11-16-10-12(7-8-13-4-3-9-18-13)14-5-1-2-6-15(14)16/h1-6,8-11H,7H2. The molecule has 3 aromatic rings. The van der Waals surface area contributed by atoms with Crippen LogP contribution in [-0.2, 0) is 11.2 Å². The van der Waals surface area contributed by atoms with Crippen molar-refractivity contribution >= 4 is 28.6 Å². The number of thiophene rings is 1. The molecule has 1 radical (unpaired) electrons. The van der Waals surface area contributed by atoms with Gasteiger partial charge >= 0.3 is 0 Å². The smallest absolute Gasteiger partial charge is 0.218 e. The molecule has 0 bridgehead atoms. The Hall–Kier alpha value is -1.87. The van der Waals surface area contributed by atoms with Crippen LogP contribution >= 0.6 is 11.3 Å². The Morgan fingerprint density at radius 1 is 1.17 bits per heavy atom. The third-order valence-electron chi connectivity index (χ3n) is 3.00. The van der Waals surface area contributed by atoms with Crippen molar-refractivity contribution in [3.63, 3.8) is 0 Å². The number of para-hydroxylation sites is 1. The molecular formula is C15H12NOS. The van der Waals surface area contributed by atoms with Crippen molar-refractivity contribution < 1.29 is 4.79 Å². The highest BCUT2D eigenvalue weighted by molar-refractivity contribution is 7.10. The lowest BCUT2D eigenvalue weighted by molar-refractivity contribution is 0.549. The van der Waals surface area contributed by atoms with Crippen molar-refractivity contribution in [3.05, 3.63) is 64.8 Å². The molecule has 3 heteroatoms. The summed E-state index contributed by atoms with van der Waals surface area (Å²) >= 11 is 1.73. The lowest BCUT2D eigenvalue weighted by atomic mass is 10.1. The van der Waals surface area contributed by atoms with E-state index >= 15 is 0 Å². The van der Waals surface area contributed by atoms with E-state index in [1.807, 2.05) is 30.5 Å². The van der Waals surface area contributed by atoms with Gasteiger partial charge < -0.3 is 0 Å². The first-order valence-electron chi connectivity index (χ1n) is 5.79. The number of carbonyl (C=O) groups excluding carboxylic acids is 1. The molecule has 0 aliphatic carbocycles. The molecular weight excluding hydrogens is 242 g/mol. The Labute approximate surface area is 109 Å². The first-order valence-corrected chi connectivity index (χ1v) is 6.67. The quantitative estimate of drug-likeness (QED) is 0.653. The summed E-state index contributed by atoms with van der Waals surface area (Å²) in [6.45, 7) is 0. The third kappa shape index (κ3) is 1.97. The van der Waals surface area contributed by atoms with Gasteiger partial charge in [-0.3, -0.25) is 9.36 Å². The van der Waals surface area contributed by atoms with Gasteiger partial charge in [-0.05, 0) is 29.5 Å². The molecule has 0 aliphatic heterocycles. The van der Waals surface area contributed by atoms with Gasteiger partial charge in [0.15, 0.2) is 0 Å². The van der Waals surface area contributed by atoms with Crippen LogP contribution in [0.4, 0.5) is 0 Å². The molecule has 89 valence electrons. The fourth-order valence-electron chi connectivity index (χ4n) is 2.15. The second-order valence-corrected chi connectivity index (χ2v) is 5.09. The first-order chi connectivity index (χ1) is 8.88. The lowest BCUT2D eigenvalue weighted by Crippen LogP contribution is -1.90. The van der Waals surface area contributed by atoms with E-state index in [9.17, 15) is 4.79 Å². The number of nitrogens with zero attached hydrogens (tertiary/aromatic N) is 1. The Morgan fingerprint density at radius 3 is 2.83 bits per heavy atom. The predicted molar refractivity (Wildman–Crippen MR) is 75.5 cm³/mol. The molecule has 3 rings (SSSR count). The molecule has 0 fully saturated rings. The molecule has 18 heavy (non-hydrogen) atoms. The molecule has 2 heterocycles. The molecule has 2 nitrogen and oxygen atoms in total. The van der Waals surface area contributed by atoms with Crippen LogP contribution < -0.4 is 0 Å². The van der Waals surface area contributed by atoms with Gasteiger partial charge in [0.25, 0.3) is 0 Å². The van der Waals surface area contributed by atoms with Gasteiger partial charge in [0.2, 0.25) is 6.41 Å². The Morgan fingerprint density at radius 2 is 2.06 bits per heavy atom. The van der Waals surface area contributed by atoms with E-state index in [-0.39, 0.29) is 0 Å². The van der Waals surface area contributed by atoms with Crippen LogP contribution in [0.5, 0.6) is 0 Å². The fourth-order valence-corrected chi connectivity index (χ4v) is 2.80. The van der Waals surface area contributed by atoms with Crippen molar-refractivity contribution in [2.24, 2.45) is 0 Å². The number of carbonyl (C=O) groups is 1.